The molecule has 0 atom stereocenters. The number of pyridine rings is 1. The van der Waals surface area contributed by atoms with E-state index in [0.29, 0.717) is 48.5 Å². The number of rotatable bonds is 8. The molecule has 2 aromatic heterocycles. The molecule has 0 saturated heterocycles. The maximum Gasteiger partial charge on any atom is 1.00 e. The van der Waals surface area contributed by atoms with Crippen molar-refractivity contribution in [1.29, 1.82) is 0 Å². The third-order valence-electron chi connectivity index (χ3n) is 5.00. The molecule has 4 rings (SSSR count). The van der Waals surface area contributed by atoms with Gasteiger partial charge in [0.15, 0.2) is 0 Å². The largest absolute Gasteiger partial charge is 1.00 e. The van der Waals surface area contributed by atoms with Crippen molar-refractivity contribution in [3.8, 4) is 11.5 Å². The van der Waals surface area contributed by atoms with Gasteiger partial charge in [-0.05, 0) is 37.2 Å². The van der Waals surface area contributed by atoms with Crippen LogP contribution in [0.4, 0.5) is 5.69 Å². The normalized spacial score (nSPS) is 11.0. The molecule has 0 fully saturated rings. The van der Waals surface area contributed by atoms with Crippen LogP contribution < -0.4 is 46.6 Å². The van der Waals surface area contributed by atoms with Gasteiger partial charge in [0, 0.05) is 30.7 Å². The lowest BCUT2D eigenvalue weighted by atomic mass is 10.0. The van der Waals surface area contributed by atoms with Crippen LogP contribution in [0.15, 0.2) is 29.1 Å². The summed E-state index contributed by atoms with van der Waals surface area (Å²) < 4.78 is 1.51. The number of nitrogens with one attached hydrogen (secondary N) is 2. The highest BCUT2D eigenvalue weighted by molar-refractivity contribution is 6.10. The predicted octanol–water partition coefficient (Wildman–Crippen LogP) is -5.07. The van der Waals surface area contributed by atoms with Gasteiger partial charge in [0.25, 0.3) is 0 Å². The summed E-state index contributed by atoms with van der Waals surface area (Å²) in [5.41, 5.74) is 7.23. The van der Waals surface area contributed by atoms with Crippen molar-refractivity contribution in [3.63, 3.8) is 0 Å². The molecule has 7 N–H and O–H groups in total. The number of phenols is 2. The maximum absolute atomic E-state index is 13.4. The Morgan fingerprint density at radius 2 is 1.77 bits per heavy atom. The SMILES string of the molecule is NCCCNc1ccc2c(CNCCO)nn3c4c(O)ccc(O)c4c(=O)c1c23.[Cl-].[Cl-].[H+].[H+]. The van der Waals surface area contributed by atoms with Crippen molar-refractivity contribution < 1.29 is 43.0 Å². The smallest absolute Gasteiger partial charge is 1.00 e. The molecule has 0 amide bonds. The van der Waals surface area contributed by atoms with E-state index in [1.807, 2.05) is 12.1 Å². The Hall–Kier alpha value is -2.56. The first kappa shape index (κ1) is 24.7. The number of nitrogens with zero attached hydrogens (tertiary/aromatic N) is 2. The van der Waals surface area contributed by atoms with Gasteiger partial charge in [-0.25, -0.2) is 4.52 Å². The minimum Gasteiger partial charge on any atom is -1.00 e. The topological polar surface area (TPSA) is 145 Å². The number of aliphatic hydroxyl groups is 1. The van der Waals surface area contributed by atoms with Gasteiger partial charge in [-0.3, -0.25) is 4.79 Å². The molecule has 11 heteroatoms. The third-order valence-corrected chi connectivity index (χ3v) is 5.00. The minimum atomic E-state index is -0.378. The van der Waals surface area contributed by atoms with Crippen LogP contribution in [0, 0.1) is 0 Å². The van der Waals surface area contributed by atoms with E-state index in [-0.39, 0.29) is 62.1 Å². The first-order chi connectivity index (χ1) is 14.1. The number of halogens is 2. The summed E-state index contributed by atoms with van der Waals surface area (Å²) in [4.78, 5) is 13.4. The standard InChI is InChI=1S/C20H23N5O4.2ClH/c21-6-1-7-23-12-3-2-11-13(10-22-8-9-26)24-25-18(11)16(12)20(29)17-14(27)4-5-15(28)19(17)25;;/h2-5,22-23,26-28H,1,6-10,21H2;2*1H. The molecule has 168 valence electrons. The van der Waals surface area contributed by atoms with Crippen LogP contribution in [-0.2, 0) is 6.54 Å². The van der Waals surface area contributed by atoms with Gasteiger partial charge < -0.3 is 56.5 Å². The van der Waals surface area contributed by atoms with Crippen molar-refractivity contribution in [3.05, 3.63) is 40.2 Å². The highest BCUT2D eigenvalue weighted by Crippen LogP contribution is 2.36. The molecular formula is C20H25Cl2N5O4. The number of hydrogen-bond acceptors (Lipinski definition) is 8. The number of fused-ring (bicyclic) bond motifs is 2. The Bertz CT molecular complexity index is 1260. The number of nitrogens with two attached hydrogens (primary N) is 1. The first-order valence-corrected chi connectivity index (χ1v) is 9.48. The van der Waals surface area contributed by atoms with Crippen molar-refractivity contribution >= 4 is 32.9 Å². The van der Waals surface area contributed by atoms with Gasteiger partial charge in [0.2, 0.25) is 5.43 Å². The summed E-state index contributed by atoms with van der Waals surface area (Å²) in [6, 6.07) is 6.33. The molecule has 9 nitrogen and oxygen atoms in total. The fourth-order valence-corrected chi connectivity index (χ4v) is 3.68. The number of anilines is 1. The van der Waals surface area contributed by atoms with Gasteiger partial charge in [-0.2, -0.15) is 5.10 Å². The Morgan fingerprint density at radius 3 is 2.48 bits per heavy atom. The van der Waals surface area contributed by atoms with E-state index < -0.39 is 0 Å². The molecule has 2 heterocycles. The zero-order valence-electron chi connectivity index (χ0n) is 18.5. The zero-order chi connectivity index (χ0) is 20.5. The molecule has 4 aromatic rings. The van der Waals surface area contributed by atoms with E-state index in [0.717, 1.165) is 11.8 Å². The molecule has 2 aromatic carbocycles. The average Bonchev–Trinajstić information content (AvgIpc) is 3.07. The highest BCUT2D eigenvalue weighted by Gasteiger charge is 2.23. The number of aromatic hydroxyl groups is 2. The number of hydrogen-bond donors (Lipinski definition) is 6. The number of aromatic nitrogens is 2. The summed E-state index contributed by atoms with van der Waals surface area (Å²) in [7, 11) is 0. The molecular weight excluding hydrogens is 445 g/mol. The van der Waals surface area contributed by atoms with Gasteiger partial charge in [-0.1, -0.05) is 0 Å². The second-order valence-corrected chi connectivity index (χ2v) is 6.87. The van der Waals surface area contributed by atoms with Crippen LogP contribution in [0.2, 0.25) is 0 Å². The number of phenolic OH excluding ortho intramolecular Hbond substituents is 2. The van der Waals surface area contributed by atoms with Crippen LogP contribution in [0.5, 0.6) is 11.5 Å². The zero-order valence-corrected chi connectivity index (χ0v) is 18.0. The fraction of sp³-hybridized carbons (Fsp3) is 0.300. The third kappa shape index (κ3) is 4.15. The van der Waals surface area contributed by atoms with E-state index in [9.17, 15) is 15.0 Å². The Kier molecular flexibility index (Phi) is 8.10. The average molecular weight is 470 g/mol. The maximum atomic E-state index is 13.4. The van der Waals surface area contributed by atoms with Gasteiger partial charge >= 0.3 is 2.85 Å². The summed E-state index contributed by atoms with van der Waals surface area (Å²) in [6.07, 6.45) is 0.740. The van der Waals surface area contributed by atoms with Gasteiger partial charge in [-0.15, -0.1) is 0 Å². The Labute approximate surface area is 193 Å². The molecule has 0 aliphatic carbocycles. The van der Waals surface area contributed by atoms with Crippen LogP contribution in [-0.4, -0.2) is 51.2 Å². The molecule has 0 radical (unpaired) electrons. The second-order valence-electron chi connectivity index (χ2n) is 6.87. The van der Waals surface area contributed by atoms with Crippen molar-refractivity contribution in [2.45, 2.75) is 13.0 Å². The molecule has 0 bridgehead atoms. The van der Waals surface area contributed by atoms with Crippen molar-refractivity contribution in [2.75, 3.05) is 31.6 Å². The van der Waals surface area contributed by atoms with E-state index >= 15 is 0 Å². The van der Waals surface area contributed by atoms with E-state index in [2.05, 4.69) is 15.7 Å². The van der Waals surface area contributed by atoms with Crippen LogP contribution in [0.3, 0.4) is 0 Å². The Morgan fingerprint density at radius 1 is 1.03 bits per heavy atom. The molecule has 0 aliphatic rings. The van der Waals surface area contributed by atoms with Gasteiger partial charge in [0.1, 0.15) is 17.0 Å². The summed E-state index contributed by atoms with van der Waals surface area (Å²) in [6.45, 7) is 1.90. The summed E-state index contributed by atoms with van der Waals surface area (Å²) in [5.74, 6) is -0.355. The molecule has 0 aliphatic heterocycles. The van der Waals surface area contributed by atoms with Crippen LogP contribution >= 0.6 is 0 Å². The van der Waals surface area contributed by atoms with Crippen LogP contribution in [0.1, 0.15) is 15.0 Å². The van der Waals surface area contributed by atoms with E-state index in [1.54, 1.807) is 0 Å². The highest BCUT2D eigenvalue weighted by atomic mass is 35.5. The minimum absolute atomic E-state index is 0. The number of aliphatic hydroxyl groups excluding tert-OH is 1. The first-order valence-electron chi connectivity index (χ1n) is 9.48. The number of benzene rings is 2. The molecule has 31 heavy (non-hydrogen) atoms. The molecule has 0 unspecified atom stereocenters. The van der Waals surface area contributed by atoms with E-state index in [1.165, 1.54) is 16.6 Å². The Balaban J connectivity index is 0.00000256. The second kappa shape index (κ2) is 10.2. The predicted molar refractivity (Wildman–Crippen MR) is 114 cm³/mol. The summed E-state index contributed by atoms with van der Waals surface area (Å²) in [5, 5.41) is 41.9. The van der Waals surface area contributed by atoms with Crippen molar-refractivity contribution in [1.82, 2.24) is 14.9 Å². The monoisotopic (exact) mass is 469 g/mol. The summed E-state index contributed by atoms with van der Waals surface area (Å²) >= 11 is 0. The lowest BCUT2D eigenvalue weighted by Crippen LogP contribution is -3.00. The van der Waals surface area contributed by atoms with Crippen molar-refractivity contribution in [2.24, 2.45) is 5.73 Å². The molecule has 0 spiro atoms. The van der Waals surface area contributed by atoms with Crippen LogP contribution in [0.25, 0.3) is 27.2 Å². The fourth-order valence-electron chi connectivity index (χ4n) is 3.68. The lowest BCUT2D eigenvalue weighted by molar-refractivity contribution is -0.001000. The quantitative estimate of drug-likeness (QED) is 0.0853. The lowest BCUT2D eigenvalue weighted by Gasteiger charge is -2.12. The molecule has 0 saturated carbocycles. The van der Waals surface area contributed by atoms with Gasteiger partial charge in [0.05, 0.1) is 28.6 Å². The van der Waals surface area contributed by atoms with E-state index in [4.69, 9.17) is 10.8 Å².